The highest BCUT2D eigenvalue weighted by Gasteiger charge is 2.15. The standard InChI is InChI=1S/C17H15F2NO3/c1-10-6-7-11(2)12(8-10)17(22)23-9-15(21)20-16-13(18)4-3-5-14(16)19/h3-8H,9H2,1-2H3,(H,20,21). The summed E-state index contributed by atoms with van der Waals surface area (Å²) in [7, 11) is 0. The number of esters is 1. The summed E-state index contributed by atoms with van der Waals surface area (Å²) >= 11 is 0. The smallest absolute Gasteiger partial charge is 0.338 e. The fourth-order valence-electron chi connectivity index (χ4n) is 1.96. The number of carbonyl (C=O) groups excluding carboxylic acids is 2. The van der Waals surface area contributed by atoms with Crippen molar-refractivity contribution in [1.29, 1.82) is 0 Å². The highest BCUT2D eigenvalue weighted by Crippen LogP contribution is 2.18. The summed E-state index contributed by atoms with van der Waals surface area (Å²) in [4.78, 5) is 23.6. The average Bonchev–Trinajstić information content (AvgIpc) is 2.51. The molecule has 0 spiro atoms. The quantitative estimate of drug-likeness (QED) is 0.879. The summed E-state index contributed by atoms with van der Waals surface area (Å²) in [5, 5.41) is 2.05. The molecular formula is C17H15F2NO3. The van der Waals surface area contributed by atoms with Crippen molar-refractivity contribution in [3.05, 3.63) is 64.7 Å². The number of halogens is 2. The van der Waals surface area contributed by atoms with Gasteiger partial charge in [0.15, 0.2) is 6.61 Å². The number of rotatable bonds is 4. The van der Waals surface area contributed by atoms with Crippen LogP contribution in [-0.4, -0.2) is 18.5 Å². The van der Waals surface area contributed by atoms with Crippen molar-refractivity contribution in [1.82, 2.24) is 0 Å². The molecule has 0 saturated heterocycles. The van der Waals surface area contributed by atoms with E-state index in [1.165, 1.54) is 6.07 Å². The molecule has 23 heavy (non-hydrogen) atoms. The topological polar surface area (TPSA) is 55.4 Å². The number of aryl methyl sites for hydroxylation is 2. The molecule has 2 rings (SSSR count). The minimum Gasteiger partial charge on any atom is -0.452 e. The van der Waals surface area contributed by atoms with E-state index in [4.69, 9.17) is 4.74 Å². The zero-order chi connectivity index (χ0) is 17.0. The summed E-state index contributed by atoms with van der Waals surface area (Å²) in [6.07, 6.45) is 0. The first-order chi connectivity index (χ1) is 10.9. The van der Waals surface area contributed by atoms with Crippen LogP contribution in [0.4, 0.5) is 14.5 Å². The number of benzene rings is 2. The third-order valence-electron chi connectivity index (χ3n) is 3.17. The van der Waals surface area contributed by atoms with Gasteiger partial charge in [0.05, 0.1) is 5.56 Å². The molecule has 1 amide bonds. The van der Waals surface area contributed by atoms with Crippen molar-refractivity contribution in [3.8, 4) is 0 Å². The first-order valence-corrected chi connectivity index (χ1v) is 6.86. The van der Waals surface area contributed by atoms with E-state index < -0.39 is 35.8 Å². The molecular weight excluding hydrogens is 304 g/mol. The van der Waals surface area contributed by atoms with Gasteiger partial charge in [0.2, 0.25) is 0 Å². The first kappa shape index (κ1) is 16.6. The number of ether oxygens (including phenoxy) is 1. The van der Waals surface area contributed by atoms with Crippen molar-refractivity contribution in [3.63, 3.8) is 0 Å². The molecule has 0 aromatic heterocycles. The fourth-order valence-corrected chi connectivity index (χ4v) is 1.96. The monoisotopic (exact) mass is 319 g/mol. The SMILES string of the molecule is Cc1ccc(C)c(C(=O)OCC(=O)Nc2c(F)cccc2F)c1. The van der Waals surface area contributed by atoms with Gasteiger partial charge >= 0.3 is 5.97 Å². The average molecular weight is 319 g/mol. The maximum atomic E-state index is 13.4. The van der Waals surface area contributed by atoms with Crippen molar-refractivity contribution < 1.29 is 23.1 Å². The Morgan fingerprint density at radius 1 is 1.09 bits per heavy atom. The van der Waals surface area contributed by atoms with Gasteiger partial charge in [-0.3, -0.25) is 4.79 Å². The van der Waals surface area contributed by atoms with Gasteiger partial charge in [-0.1, -0.05) is 23.8 Å². The van der Waals surface area contributed by atoms with E-state index >= 15 is 0 Å². The lowest BCUT2D eigenvalue weighted by molar-refractivity contribution is -0.119. The van der Waals surface area contributed by atoms with Crippen molar-refractivity contribution in [2.24, 2.45) is 0 Å². The predicted molar refractivity (Wildman–Crippen MR) is 81.2 cm³/mol. The van der Waals surface area contributed by atoms with E-state index in [0.717, 1.165) is 17.7 Å². The van der Waals surface area contributed by atoms with Crippen LogP contribution in [-0.2, 0) is 9.53 Å². The Kier molecular flexibility index (Phi) is 5.05. The van der Waals surface area contributed by atoms with Gasteiger partial charge in [-0.25, -0.2) is 13.6 Å². The van der Waals surface area contributed by atoms with E-state index in [2.05, 4.69) is 0 Å². The molecule has 0 aliphatic heterocycles. The van der Waals surface area contributed by atoms with Crippen LogP contribution in [0.1, 0.15) is 21.5 Å². The molecule has 2 aromatic rings. The first-order valence-electron chi connectivity index (χ1n) is 6.86. The lowest BCUT2D eigenvalue weighted by Gasteiger charge is -2.09. The lowest BCUT2D eigenvalue weighted by Crippen LogP contribution is -2.22. The molecule has 0 aliphatic carbocycles. The molecule has 0 fully saturated rings. The summed E-state index contributed by atoms with van der Waals surface area (Å²) in [5.74, 6) is -3.30. The van der Waals surface area contributed by atoms with Crippen LogP contribution >= 0.6 is 0 Å². The Hall–Kier alpha value is -2.76. The third-order valence-corrected chi connectivity index (χ3v) is 3.17. The summed E-state index contributed by atoms with van der Waals surface area (Å²) < 4.78 is 31.7. The van der Waals surface area contributed by atoms with E-state index in [1.54, 1.807) is 19.1 Å². The zero-order valence-corrected chi connectivity index (χ0v) is 12.7. The van der Waals surface area contributed by atoms with Gasteiger partial charge in [0, 0.05) is 0 Å². The Morgan fingerprint density at radius 2 is 1.74 bits per heavy atom. The minimum absolute atomic E-state index is 0.342. The van der Waals surface area contributed by atoms with Crippen LogP contribution in [0.15, 0.2) is 36.4 Å². The van der Waals surface area contributed by atoms with Crippen LogP contribution in [0.25, 0.3) is 0 Å². The molecule has 1 N–H and O–H groups in total. The van der Waals surface area contributed by atoms with Gasteiger partial charge in [-0.2, -0.15) is 0 Å². The second-order valence-electron chi connectivity index (χ2n) is 5.04. The number of nitrogens with one attached hydrogen (secondary N) is 1. The Morgan fingerprint density at radius 3 is 2.39 bits per heavy atom. The van der Waals surface area contributed by atoms with Crippen LogP contribution in [0.5, 0.6) is 0 Å². The van der Waals surface area contributed by atoms with E-state index in [9.17, 15) is 18.4 Å². The number of para-hydroxylation sites is 1. The van der Waals surface area contributed by atoms with E-state index in [0.29, 0.717) is 11.1 Å². The molecule has 0 atom stereocenters. The number of hydrogen-bond donors (Lipinski definition) is 1. The van der Waals surface area contributed by atoms with Gasteiger partial charge in [-0.15, -0.1) is 0 Å². The number of hydrogen-bond acceptors (Lipinski definition) is 3. The summed E-state index contributed by atoms with van der Waals surface area (Å²) in [5.41, 5.74) is 1.36. The highest BCUT2D eigenvalue weighted by atomic mass is 19.1. The van der Waals surface area contributed by atoms with Crippen molar-refractivity contribution in [2.75, 3.05) is 11.9 Å². The number of carbonyl (C=O) groups is 2. The molecule has 120 valence electrons. The lowest BCUT2D eigenvalue weighted by atomic mass is 10.1. The van der Waals surface area contributed by atoms with Crippen LogP contribution in [0.2, 0.25) is 0 Å². The molecule has 0 bridgehead atoms. The molecule has 0 aliphatic rings. The molecule has 0 unspecified atom stereocenters. The molecule has 6 heteroatoms. The van der Waals surface area contributed by atoms with Gasteiger partial charge < -0.3 is 10.1 Å². The van der Waals surface area contributed by atoms with Gasteiger partial charge in [-0.05, 0) is 37.6 Å². The Bertz CT molecular complexity index is 739. The van der Waals surface area contributed by atoms with E-state index in [1.807, 2.05) is 18.3 Å². The Labute approximate surface area is 132 Å². The molecule has 4 nitrogen and oxygen atoms in total. The molecule has 0 heterocycles. The second-order valence-corrected chi connectivity index (χ2v) is 5.04. The van der Waals surface area contributed by atoms with Crippen LogP contribution < -0.4 is 5.32 Å². The van der Waals surface area contributed by atoms with Crippen molar-refractivity contribution >= 4 is 17.6 Å². The predicted octanol–water partition coefficient (Wildman–Crippen LogP) is 3.38. The molecule has 0 saturated carbocycles. The van der Waals surface area contributed by atoms with Crippen molar-refractivity contribution in [2.45, 2.75) is 13.8 Å². The fraction of sp³-hybridized carbons (Fsp3) is 0.176. The summed E-state index contributed by atoms with van der Waals surface area (Å²) in [6.45, 7) is 2.93. The number of amides is 1. The maximum Gasteiger partial charge on any atom is 0.338 e. The van der Waals surface area contributed by atoms with Gasteiger partial charge in [0.25, 0.3) is 5.91 Å². The molecule has 0 radical (unpaired) electrons. The normalized spacial score (nSPS) is 10.3. The zero-order valence-electron chi connectivity index (χ0n) is 12.7. The van der Waals surface area contributed by atoms with Gasteiger partial charge in [0.1, 0.15) is 17.3 Å². The van der Waals surface area contributed by atoms with E-state index in [-0.39, 0.29) is 0 Å². The largest absolute Gasteiger partial charge is 0.452 e. The Balaban J connectivity index is 1.99. The third kappa shape index (κ3) is 4.12. The minimum atomic E-state index is -0.904. The van der Waals surface area contributed by atoms with Crippen LogP contribution in [0.3, 0.4) is 0 Å². The van der Waals surface area contributed by atoms with Crippen LogP contribution in [0, 0.1) is 25.5 Å². The summed E-state index contributed by atoms with van der Waals surface area (Å²) in [6, 6.07) is 8.47. The highest BCUT2D eigenvalue weighted by molar-refractivity contribution is 5.96. The number of anilines is 1. The molecule has 2 aromatic carbocycles. The maximum absolute atomic E-state index is 13.4. The second kappa shape index (κ2) is 7.00.